The molecule has 0 radical (unpaired) electrons. The van der Waals surface area contributed by atoms with Gasteiger partial charge in [0.2, 0.25) is 10.0 Å². The molecule has 0 unspecified atom stereocenters. The molecule has 0 aliphatic carbocycles. The molecule has 5 nitrogen and oxygen atoms in total. The van der Waals surface area contributed by atoms with Crippen LogP contribution in [-0.2, 0) is 10.0 Å². The minimum Gasteiger partial charge on any atom is -0.507 e. The molecule has 2 aromatic rings. The zero-order valence-corrected chi connectivity index (χ0v) is 12.4. The number of phenols is 1. The molecule has 6 heteroatoms. The van der Waals surface area contributed by atoms with Crippen molar-refractivity contribution in [3.8, 4) is 22.9 Å². The van der Waals surface area contributed by atoms with Gasteiger partial charge in [0.05, 0.1) is 10.5 Å². The standard InChI is InChI=1S/C15H14N2O3S/c1-17(2)21(19,20)14-7-5-11(6-8-14)12-3-4-13(10-16)15(18)9-12/h3-9,18H,1-2H3. The number of hydrogen-bond donors (Lipinski definition) is 1. The number of rotatable bonds is 3. The largest absolute Gasteiger partial charge is 0.507 e. The monoisotopic (exact) mass is 302 g/mol. The Labute approximate surface area is 123 Å². The Kier molecular flexibility index (Phi) is 3.98. The topological polar surface area (TPSA) is 81.4 Å². The molecule has 1 N–H and O–H groups in total. The molecule has 0 heterocycles. The van der Waals surface area contributed by atoms with Crippen molar-refractivity contribution >= 4 is 10.0 Å². The van der Waals surface area contributed by atoms with Crippen LogP contribution in [0.5, 0.6) is 5.75 Å². The Balaban J connectivity index is 2.41. The van der Waals surface area contributed by atoms with E-state index in [1.807, 2.05) is 6.07 Å². The number of sulfonamides is 1. The molecule has 0 amide bonds. The molecule has 2 aromatic carbocycles. The van der Waals surface area contributed by atoms with E-state index in [0.29, 0.717) is 5.56 Å². The van der Waals surface area contributed by atoms with E-state index in [2.05, 4.69) is 0 Å². The number of phenolic OH excluding ortho intramolecular Hbond substituents is 1. The first-order valence-electron chi connectivity index (χ1n) is 6.12. The number of aromatic hydroxyl groups is 1. The van der Waals surface area contributed by atoms with Gasteiger partial charge in [-0.25, -0.2) is 12.7 Å². The van der Waals surface area contributed by atoms with Crippen LogP contribution in [0.15, 0.2) is 47.4 Å². The SMILES string of the molecule is CN(C)S(=O)(=O)c1ccc(-c2ccc(C#N)c(O)c2)cc1. The van der Waals surface area contributed by atoms with Crippen LogP contribution in [0.2, 0.25) is 0 Å². The van der Waals surface area contributed by atoms with Crippen LogP contribution < -0.4 is 0 Å². The Hall–Kier alpha value is -2.36. The lowest BCUT2D eigenvalue weighted by Gasteiger charge is -2.11. The fraction of sp³-hybridized carbons (Fsp3) is 0.133. The van der Waals surface area contributed by atoms with Gasteiger partial charge in [-0.15, -0.1) is 0 Å². The van der Waals surface area contributed by atoms with E-state index < -0.39 is 10.0 Å². The van der Waals surface area contributed by atoms with E-state index in [1.54, 1.807) is 18.2 Å². The van der Waals surface area contributed by atoms with Gasteiger partial charge in [0.15, 0.2) is 0 Å². The van der Waals surface area contributed by atoms with Crippen LogP contribution in [-0.4, -0.2) is 31.9 Å². The molecule has 0 spiro atoms. The van der Waals surface area contributed by atoms with Gasteiger partial charge in [-0.2, -0.15) is 5.26 Å². The molecule has 0 aliphatic heterocycles. The van der Waals surface area contributed by atoms with Gasteiger partial charge < -0.3 is 5.11 Å². The van der Waals surface area contributed by atoms with Gasteiger partial charge in [0.25, 0.3) is 0 Å². The zero-order chi connectivity index (χ0) is 15.6. The molecule has 108 valence electrons. The van der Waals surface area contributed by atoms with Gasteiger partial charge >= 0.3 is 0 Å². The molecule has 0 bridgehead atoms. The second kappa shape index (κ2) is 5.56. The zero-order valence-electron chi connectivity index (χ0n) is 11.6. The maximum atomic E-state index is 12.0. The minimum atomic E-state index is -3.45. The number of nitrogens with zero attached hydrogens (tertiary/aromatic N) is 2. The summed E-state index contributed by atoms with van der Waals surface area (Å²) in [5.41, 5.74) is 1.67. The van der Waals surface area contributed by atoms with Crippen molar-refractivity contribution in [1.82, 2.24) is 4.31 Å². The van der Waals surface area contributed by atoms with Crippen molar-refractivity contribution in [2.24, 2.45) is 0 Å². The van der Waals surface area contributed by atoms with E-state index in [9.17, 15) is 13.5 Å². The van der Waals surface area contributed by atoms with Crippen LogP contribution in [0.4, 0.5) is 0 Å². The van der Waals surface area contributed by atoms with Crippen molar-refractivity contribution in [3.63, 3.8) is 0 Å². The highest BCUT2D eigenvalue weighted by atomic mass is 32.2. The Bertz CT molecular complexity index is 804. The number of benzene rings is 2. The third-order valence-corrected chi connectivity index (χ3v) is 4.91. The molecule has 0 aromatic heterocycles. The van der Waals surface area contributed by atoms with E-state index in [0.717, 1.165) is 9.87 Å². The average Bonchev–Trinajstić information content (AvgIpc) is 2.47. The lowest BCUT2D eigenvalue weighted by Crippen LogP contribution is -2.22. The molecule has 0 saturated heterocycles. The summed E-state index contributed by atoms with van der Waals surface area (Å²) < 4.78 is 25.1. The average molecular weight is 302 g/mol. The molecular formula is C15H14N2O3S. The van der Waals surface area contributed by atoms with E-state index in [1.165, 1.54) is 38.4 Å². The maximum absolute atomic E-state index is 12.0. The Morgan fingerprint density at radius 3 is 2.10 bits per heavy atom. The highest BCUT2D eigenvalue weighted by molar-refractivity contribution is 7.89. The van der Waals surface area contributed by atoms with Gasteiger partial charge in [0.1, 0.15) is 11.8 Å². The highest BCUT2D eigenvalue weighted by Crippen LogP contribution is 2.27. The van der Waals surface area contributed by atoms with Crippen molar-refractivity contribution in [3.05, 3.63) is 48.0 Å². The smallest absolute Gasteiger partial charge is 0.242 e. The summed E-state index contributed by atoms with van der Waals surface area (Å²) in [4.78, 5) is 0.203. The predicted molar refractivity (Wildman–Crippen MR) is 79.1 cm³/mol. The van der Waals surface area contributed by atoms with Crippen LogP contribution in [0.25, 0.3) is 11.1 Å². The normalized spacial score (nSPS) is 11.3. The van der Waals surface area contributed by atoms with Crippen LogP contribution in [0.3, 0.4) is 0 Å². The molecule has 21 heavy (non-hydrogen) atoms. The quantitative estimate of drug-likeness (QED) is 0.942. The highest BCUT2D eigenvalue weighted by Gasteiger charge is 2.16. The maximum Gasteiger partial charge on any atom is 0.242 e. The van der Waals surface area contributed by atoms with Gasteiger partial charge in [-0.1, -0.05) is 18.2 Å². The van der Waals surface area contributed by atoms with Crippen molar-refractivity contribution in [2.75, 3.05) is 14.1 Å². The second-order valence-corrected chi connectivity index (χ2v) is 6.81. The second-order valence-electron chi connectivity index (χ2n) is 4.66. The third-order valence-electron chi connectivity index (χ3n) is 3.08. The molecular weight excluding hydrogens is 288 g/mol. The molecule has 0 saturated carbocycles. The fourth-order valence-electron chi connectivity index (χ4n) is 1.84. The van der Waals surface area contributed by atoms with Crippen LogP contribution in [0.1, 0.15) is 5.56 Å². The van der Waals surface area contributed by atoms with Crippen molar-refractivity contribution in [1.29, 1.82) is 5.26 Å². The predicted octanol–water partition coefficient (Wildman–Crippen LogP) is 2.18. The fourth-order valence-corrected chi connectivity index (χ4v) is 2.74. The van der Waals surface area contributed by atoms with Crippen LogP contribution >= 0.6 is 0 Å². The van der Waals surface area contributed by atoms with Gasteiger partial charge in [-0.05, 0) is 35.4 Å². The third kappa shape index (κ3) is 2.89. The lowest BCUT2D eigenvalue weighted by atomic mass is 10.0. The summed E-state index contributed by atoms with van der Waals surface area (Å²) in [7, 11) is -0.506. The minimum absolute atomic E-state index is 0.0972. The molecule has 0 atom stereocenters. The lowest BCUT2D eigenvalue weighted by molar-refractivity contribution is 0.474. The summed E-state index contributed by atoms with van der Waals surface area (Å²) in [6.45, 7) is 0. The van der Waals surface area contributed by atoms with E-state index in [-0.39, 0.29) is 16.2 Å². The Morgan fingerprint density at radius 2 is 1.62 bits per heavy atom. The molecule has 2 rings (SSSR count). The van der Waals surface area contributed by atoms with E-state index >= 15 is 0 Å². The van der Waals surface area contributed by atoms with Gasteiger partial charge in [0, 0.05) is 14.1 Å². The number of nitriles is 1. The van der Waals surface area contributed by atoms with Gasteiger partial charge in [-0.3, -0.25) is 0 Å². The molecule has 0 fully saturated rings. The first-order chi connectivity index (χ1) is 9.86. The first kappa shape index (κ1) is 15.0. The number of hydrogen-bond acceptors (Lipinski definition) is 4. The summed E-state index contributed by atoms with van der Waals surface area (Å²) in [5.74, 6) is -0.0972. The first-order valence-corrected chi connectivity index (χ1v) is 7.56. The summed E-state index contributed by atoms with van der Waals surface area (Å²) in [6.07, 6.45) is 0. The van der Waals surface area contributed by atoms with Crippen molar-refractivity contribution in [2.45, 2.75) is 4.90 Å². The summed E-state index contributed by atoms with van der Waals surface area (Å²) in [6, 6.07) is 12.9. The van der Waals surface area contributed by atoms with E-state index in [4.69, 9.17) is 5.26 Å². The van der Waals surface area contributed by atoms with Crippen molar-refractivity contribution < 1.29 is 13.5 Å². The summed E-state index contributed by atoms with van der Waals surface area (Å²) in [5, 5.41) is 18.5. The molecule has 0 aliphatic rings. The summed E-state index contributed by atoms with van der Waals surface area (Å²) >= 11 is 0. The van der Waals surface area contributed by atoms with Crippen LogP contribution in [0, 0.1) is 11.3 Å². The Morgan fingerprint density at radius 1 is 1.05 bits per heavy atom.